The van der Waals surface area contributed by atoms with Crippen LogP contribution < -0.4 is 0 Å². The quantitative estimate of drug-likeness (QED) is 0.771. The fourth-order valence-corrected chi connectivity index (χ4v) is 3.18. The highest BCUT2D eigenvalue weighted by Crippen LogP contribution is 2.31. The maximum Gasteiger partial charge on any atom is 0.326 e. The van der Waals surface area contributed by atoms with Gasteiger partial charge in [-0.2, -0.15) is 0 Å². The molecule has 19 heavy (non-hydrogen) atoms. The van der Waals surface area contributed by atoms with Crippen molar-refractivity contribution in [3.05, 3.63) is 0 Å². The fourth-order valence-electron chi connectivity index (χ4n) is 3.18. The van der Waals surface area contributed by atoms with E-state index in [0.717, 1.165) is 31.6 Å². The van der Waals surface area contributed by atoms with Crippen LogP contribution in [-0.2, 0) is 9.59 Å². The number of hydrogen-bond acceptors (Lipinski definition) is 2. The van der Waals surface area contributed by atoms with Gasteiger partial charge in [-0.3, -0.25) is 4.79 Å². The molecule has 1 N–H and O–H groups in total. The first-order valence-corrected chi connectivity index (χ1v) is 7.63. The standard InChI is InChI=1S/C15H25NO3/c1-11(15(18)19)16(13-9-10-13)14(17)8-4-7-12-5-2-3-6-12/h11-13H,2-10H2,1H3,(H,18,19). The summed E-state index contributed by atoms with van der Waals surface area (Å²) in [7, 11) is 0. The molecule has 108 valence electrons. The lowest BCUT2D eigenvalue weighted by atomic mass is 10.0. The minimum Gasteiger partial charge on any atom is -0.480 e. The second-order valence-corrected chi connectivity index (χ2v) is 6.09. The summed E-state index contributed by atoms with van der Waals surface area (Å²) in [5.74, 6) is -0.0505. The van der Waals surface area contributed by atoms with Crippen LogP contribution in [0.2, 0.25) is 0 Å². The van der Waals surface area contributed by atoms with Crippen LogP contribution in [0.3, 0.4) is 0 Å². The Morgan fingerprint density at radius 1 is 1.21 bits per heavy atom. The monoisotopic (exact) mass is 267 g/mol. The molecule has 0 radical (unpaired) electrons. The van der Waals surface area contributed by atoms with E-state index in [1.54, 1.807) is 11.8 Å². The van der Waals surface area contributed by atoms with Crippen molar-refractivity contribution in [2.75, 3.05) is 0 Å². The zero-order valence-electron chi connectivity index (χ0n) is 11.8. The van der Waals surface area contributed by atoms with Crippen molar-refractivity contribution in [2.45, 2.75) is 76.8 Å². The molecule has 2 aliphatic carbocycles. The van der Waals surface area contributed by atoms with Crippen molar-refractivity contribution in [3.63, 3.8) is 0 Å². The summed E-state index contributed by atoms with van der Waals surface area (Å²) in [4.78, 5) is 24.9. The molecular formula is C15H25NO3. The molecule has 2 aliphatic rings. The van der Waals surface area contributed by atoms with E-state index in [9.17, 15) is 9.59 Å². The van der Waals surface area contributed by atoms with Gasteiger partial charge in [-0.1, -0.05) is 25.7 Å². The maximum absolute atomic E-state index is 12.2. The third-order valence-corrected chi connectivity index (χ3v) is 4.48. The third kappa shape index (κ3) is 3.95. The van der Waals surface area contributed by atoms with Crippen LogP contribution in [0.4, 0.5) is 0 Å². The van der Waals surface area contributed by atoms with Crippen molar-refractivity contribution >= 4 is 11.9 Å². The molecule has 4 nitrogen and oxygen atoms in total. The average Bonchev–Trinajstić information content (AvgIpc) is 3.05. The van der Waals surface area contributed by atoms with Gasteiger partial charge in [0.05, 0.1) is 0 Å². The molecule has 1 atom stereocenters. The first-order chi connectivity index (χ1) is 9.09. The zero-order chi connectivity index (χ0) is 13.8. The Morgan fingerprint density at radius 2 is 1.84 bits per heavy atom. The van der Waals surface area contributed by atoms with Crippen LogP contribution in [0, 0.1) is 5.92 Å². The zero-order valence-corrected chi connectivity index (χ0v) is 11.8. The van der Waals surface area contributed by atoms with Gasteiger partial charge in [-0.05, 0) is 38.5 Å². The Labute approximate surface area is 115 Å². The molecule has 1 amide bonds. The Morgan fingerprint density at radius 3 is 2.37 bits per heavy atom. The van der Waals surface area contributed by atoms with E-state index in [1.807, 2.05) is 0 Å². The number of aliphatic carboxylic acids is 1. The first kappa shape index (κ1) is 14.4. The largest absolute Gasteiger partial charge is 0.480 e. The van der Waals surface area contributed by atoms with E-state index in [2.05, 4.69) is 0 Å². The van der Waals surface area contributed by atoms with Gasteiger partial charge in [0.1, 0.15) is 6.04 Å². The molecule has 0 aromatic rings. The number of amides is 1. The van der Waals surface area contributed by atoms with Crippen LogP contribution in [-0.4, -0.2) is 34.0 Å². The molecule has 0 heterocycles. The summed E-state index contributed by atoms with van der Waals surface area (Å²) in [6.45, 7) is 1.62. The van der Waals surface area contributed by atoms with Gasteiger partial charge in [-0.25, -0.2) is 4.79 Å². The molecule has 2 rings (SSSR count). The van der Waals surface area contributed by atoms with E-state index in [1.165, 1.54) is 25.7 Å². The summed E-state index contributed by atoms with van der Waals surface area (Å²) in [6.07, 6.45) is 9.79. The van der Waals surface area contributed by atoms with Crippen molar-refractivity contribution in [2.24, 2.45) is 5.92 Å². The van der Waals surface area contributed by atoms with Crippen LogP contribution in [0.1, 0.15) is 64.7 Å². The molecular weight excluding hydrogens is 242 g/mol. The fraction of sp³-hybridized carbons (Fsp3) is 0.867. The van der Waals surface area contributed by atoms with Gasteiger partial charge in [0, 0.05) is 12.5 Å². The van der Waals surface area contributed by atoms with Gasteiger partial charge in [-0.15, -0.1) is 0 Å². The lowest BCUT2D eigenvalue weighted by molar-refractivity contribution is -0.150. The van der Waals surface area contributed by atoms with E-state index in [-0.39, 0.29) is 11.9 Å². The summed E-state index contributed by atoms with van der Waals surface area (Å²) in [5.41, 5.74) is 0. The molecule has 0 aromatic heterocycles. The van der Waals surface area contributed by atoms with Gasteiger partial charge >= 0.3 is 5.97 Å². The Balaban J connectivity index is 1.77. The molecule has 0 bridgehead atoms. The van der Waals surface area contributed by atoms with Gasteiger partial charge in [0.15, 0.2) is 0 Å². The molecule has 2 fully saturated rings. The smallest absolute Gasteiger partial charge is 0.326 e. The highest BCUT2D eigenvalue weighted by atomic mass is 16.4. The number of hydrogen-bond donors (Lipinski definition) is 1. The summed E-state index contributed by atoms with van der Waals surface area (Å²) >= 11 is 0. The first-order valence-electron chi connectivity index (χ1n) is 7.63. The third-order valence-electron chi connectivity index (χ3n) is 4.48. The van der Waals surface area contributed by atoms with Crippen LogP contribution in [0.5, 0.6) is 0 Å². The SMILES string of the molecule is CC(C(=O)O)N(C(=O)CCCC1CCCC1)C1CC1. The molecule has 0 spiro atoms. The Kier molecular flexibility index (Phi) is 4.83. The lowest BCUT2D eigenvalue weighted by Crippen LogP contribution is -2.44. The summed E-state index contributed by atoms with van der Waals surface area (Å²) < 4.78 is 0. The highest BCUT2D eigenvalue weighted by molar-refractivity contribution is 5.83. The average molecular weight is 267 g/mol. The molecule has 0 aliphatic heterocycles. The normalized spacial score (nSPS) is 21.3. The minimum absolute atomic E-state index is 0.0374. The van der Waals surface area contributed by atoms with Gasteiger partial charge in [0.25, 0.3) is 0 Å². The van der Waals surface area contributed by atoms with Crippen molar-refractivity contribution in [3.8, 4) is 0 Å². The van der Waals surface area contributed by atoms with Crippen molar-refractivity contribution in [1.29, 1.82) is 0 Å². The maximum atomic E-state index is 12.2. The number of rotatable bonds is 7. The van der Waals surface area contributed by atoms with E-state index < -0.39 is 12.0 Å². The second-order valence-electron chi connectivity index (χ2n) is 6.09. The van der Waals surface area contributed by atoms with E-state index >= 15 is 0 Å². The predicted octanol–water partition coefficient (Wildman–Crippen LogP) is 2.81. The number of carbonyl (C=O) groups is 2. The Bertz CT molecular complexity index is 332. The van der Waals surface area contributed by atoms with Crippen LogP contribution >= 0.6 is 0 Å². The molecule has 1 unspecified atom stereocenters. The number of carboxylic acids is 1. The molecule has 4 heteroatoms. The lowest BCUT2D eigenvalue weighted by Gasteiger charge is -2.26. The molecule has 0 saturated heterocycles. The number of carboxylic acid groups (broad SMARTS) is 1. The Hall–Kier alpha value is -1.06. The summed E-state index contributed by atoms with van der Waals surface area (Å²) in [6, 6.07) is -0.489. The minimum atomic E-state index is -0.893. The topological polar surface area (TPSA) is 57.6 Å². The number of carbonyl (C=O) groups excluding carboxylic acids is 1. The predicted molar refractivity (Wildman–Crippen MR) is 72.8 cm³/mol. The van der Waals surface area contributed by atoms with Crippen molar-refractivity contribution in [1.82, 2.24) is 4.90 Å². The van der Waals surface area contributed by atoms with Crippen LogP contribution in [0.15, 0.2) is 0 Å². The van der Waals surface area contributed by atoms with Gasteiger partial charge in [0.2, 0.25) is 5.91 Å². The molecule has 2 saturated carbocycles. The number of nitrogens with zero attached hydrogens (tertiary/aromatic N) is 1. The molecule has 0 aromatic carbocycles. The summed E-state index contributed by atoms with van der Waals surface area (Å²) in [5, 5.41) is 9.08. The van der Waals surface area contributed by atoms with Crippen molar-refractivity contribution < 1.29 is 14.7 Å². The van der Waals surface area contributed by atoms with E-state index in [4.69, 9.17) is 5.11 Å². The van der Waals surface area contributed by atoms with E-state index in [0.29, 0.717) is 6.42 Å². The highest BCUT2D eigenvalue weighted by Gasteiger charge is 2.37. The van der Waals surface area contributed by atoms with Crippen LogP contribution in [0.25, 0.3) is 0 Å². The van der Waals surface area contributed by atoms with Gasteiger partial charge < -0.3 is 10.0 Å². The second kappa shape index (κ2) is 6.40.